The molecule has 0 heterocycles. The van der Waals surface area contributed by atoms with Crippen molar-refractivity contribution in [1.29, 1.82) is 5.26 Å². The summed E-state index contributed by atoms with van der Waals surface area (Å²) in [5.74, 6) is 0.161. The molecule has 0 fully saturated rings. The van der Waals surface area contributed by atoms with Crippen LogP contribution in [0.3, 0.4) is 0 Å². The predicted octanol–water partition coefficient (Wildman–Crippen LogP) is 2.10. The monoisotopic (exact) mass is 159 g/mol. The second-order valence-electron chi connectivity index (χ2n) is 2.43. The van der Waals surface area contributed by atoms with Gasteiger partial charge in [-0.2, -0.15) is 5.26 Å². The van der Waals surface area contributed by atoms with E-state index >= 15 is 0 Å². The molecule has 0 spiro atoms. The SMILES string of the molecule is C=Cc1ccc(CC#N)c(O)c1. The van der Waals surface area contributed by atoms with Crippen molar-refractivity contribution in [1.82, 2.24) is 0 Å². The van der Waals surface area contributed by atoms with Gasteiger partial charge in [0, 0.05) is 5.56 Å². The summed E-state index contributed by atoms with van der Waals surface area (Å²) in [7, 11) is 0. The van der Waals surface area contributed by atoms with Crippen LogP contribution in [0.2, 0.25) is 0 Å². The first-order valence-corrected chi connectivity index (χ1v) is 3.59. The van der Waals surface area contributed by atoms with Crippen molar-refractivity contribution in [2.75, 3.05) is 0 Å². The maximum atomic E-state index is 9.35. The summed E-state index contributed by atoms with van der Waals surface area (Å²) >= 11 is 0. The normalized spacial score (nSPS) is 8.92. The largest absolute Gasteiger partial charge is 0.508 e. The maximum absolute atomic E-state index is 9.35. The molecule has 0 bridgehead atoms. The fourth-order valence-electron chi connectivity index (χ4n) is 0.943. The summed E-state index contributed by atoms with van der Waals surface area (Å²) in [6, 6.07) is 7.12. The van der Waals surface area contributed by atoms with Crippen molar-refractivity contribution >= 4 is 6.08 Å². The summed E-state index contributed by atoms with van der Waals surface area (Å²) in [5, 5.41) is 17.7. The lowest BCUT2D eigenvalue weighted by Gasteiger charge is -2.00. The van der Waals surface area contributed by atoms with Crippen LogP contribution in [0.15, 0.2) is 24.8 Å². The molecule has 1 aromatic rings. The molecule has 12 heavy (non-hydrogen) atoms. The van der Waals surface area contributed by atoms with E-state index in [1.54, 1.807) is 18.2 Å². The molecule has 2 nitrogen and oxygen atoms in total. The predicted molar refractivity (Wildman–Crippen MR) is 47.5 cm³/mol. The topological polar surface area (TPSA) is 44.0 Å². The molecular weight excluding hydrogens is 150 g/mol. The molecule has 0 atom stereocenters. The van der Waals surface area contributed by atoms with Crippen molar-refractivity contribution in [3.8, 4) is 11.8 Å². The molecule has 2 heteroatoms. The van der Waals surface area contributed by atoms with Gasteiger partial charge in [0.25, 0.3) is 0 Å². The van der Waals surface area contributed by atoms with E-state index in [2.05, 4.69) is 6.58 Å². The third-order valence-corrected chi connectivity index (χ3v) is 1.61. The number of nitrogens with zero attached hydrogens (tertiary/aromatic N) is 1. The maximum Gasteiger partial charge on any atom is 0.120 e. The van der Waals surface area contributed by atoms with Crippen molar-refractivity contribution in [3.63, 3.8) is 0 Å². The minimum atomic E-state index is 0.161. The minimum absolute atomic E-state index is 0.161. The Morgan fingerprint density at radius 1 is 1.58 bits per heavy atom. The van der Waals surface area contributed by atoms with Crippen molar-refractivity contribution in [2.24, 2.45) is 0 Å². The molecule has 0 saturated heterocycles. The van der Waals surface area contributed by atoms with Gasteiger partial charge in [-0.05, 0) is 11.6 Å². The highest BCUT2D eigenvalue weighted by Gasteiger charge is 1.99. The van der Waals surface area contributed by atoms with Crippen LogP contribution in [0.5, 0.6) is 5.75 Å². The van der Waals surface area contributed by atoms with Crippen LogP contribution >= 0.6 is 0 Å². The summed E-state index contributed by atoms with van der Waals surface area (Å²) in [4.78, 5) is 0. The Kier molecular flexibility index (Phi) is 2.49. The minimum Gasteiger partial charge on any atom is -0.508 e. The van der Waals surface area contributed by atoms with Crippen molar-refractivity contribution in [3.05, 3.63) is 35.9 Å². The lowest BCUT2D eigenvalue weighted by molar-refractivity contribution is 0.470. The smallest absolute Gasteiger partial charge is 0.120 e. The van der Waals surface area contributed by atoms with Gasteiger partial charge in [0.2, 0.25) is 0 Å². The molecule has 1 N–H and O–H groups in total. The molecule has 0 radical (unpaired) electrons. The highest BCUT2D eigenvalue weighted by Crippen LogP contribution is 2.19. The fraction of sp³-hybridized carbons (Fsp3) is 0.100. The van der Waals surface area contributed by atoms with Crippen LogP contribution in [-0.4, -0.2) is 5.11 Å². The highest BCUT2D eigenvalue weighted by atomic mass is 16.3. The second kappa shape index (κ2) is 3.59. The number of phenols is 1. The third-order valence-electron chi connectivity index (χ3n) is 1.61. The molecule has 0 amide bonds. The quantitative estimate of drug-likeness (QED) is 0.718. The Morgan fingerprint density at radius 3 is 2.83 bits per heavy atom. The first-order chi connectivity index (χ1) is 5.77. The number of hydrogen-bond donors (Lipinski definition) is 1. The molecule has 1 aromatic carbocycles. The van der Waals surface area contributed by atoms with E-state index in [1.807, 2.05) is 12.1 Å². The Morgan fingerprint density at radius 2 is 2.33 bits per heavy atom. The van der Waals surface area contributed by atoms with Crippen LogP contribution in [0.25, 0.3) is 6.08 Å². The van der Waals surface area contributed by atoms with Gasteiger partial charge < -0.3 is 5.11 Å². The number of aromatic hydroxyl groups is 1. The van der Waals surface area contributed by atoms with Gasteiger partial charge in [-0.15, -0.1) is 0 Å². The number of rotatable bonds is 2. The van der Waals surface area contributed by atoms with E-state index in [-0.39, 0.29) is 12.2 Å². The van der Waals surface area contributed by atoms with Crippen LogP contribution in [0.4, 0.5) is 0 Å². The summed E-state index contributed by atoms with van der Waals surface area (Å²) < 4.78 is 0. The first-order valence-electron chi connectivity index (χ1n) is 3.59. The Balaban J connectivity index is 3.04. The molecule has 1 rings (SSSR count). The second-order valence-corrected chi connectivity index (χ2v) is 2.43. The van der Waals surface area contributed by atoms with E-state index in [1.165, 1.54) is 0 Å². The Hall–Kier alpha value is -1.75. The van der Waals surface area contributed by atoms with E-state index in [4.69, 9.17) is 5.26 Å². The van der Waals surface area contributed by atoms with Gasteiger partial charge in [-0.3, -0.25) is 0 Å². The van der Waals surface area contributed by atoms with Gasteiger partial charge in [0.15, 0.2) is 0 Å². The van der Waals surface area contributed by atoms with Crippen LogP contribution in [0.1, 0.15) is 11.1 Å². The zero-order chi connectivity index (χ0) is 8.97. The van der Waals surface area contributed by atoms with E-state index < -0.39 is 0 Å². The van der Waals surface area contributed by atoms with Gasteiger partial charge in [0.1, 0.15) is 5.75 Å². The van der Waals surface area contributed by atoms with Crippen LogP contribution in [-0.2, 0) is 6.42 Å². The molecule has 60 valence electrons. The van der Waals surface area contributed by atoms with Gasteiger partial charge in [-0.1, -0.05) is 24.8 Å². The average molecular weight is 159 g/mol. The average Bonchev–Trinajstić information content (AvgIpc) is 2.09. The fourth-order valence-corrected chi connectivity index (χ4v) is 0.943. The van der Waals surface area contributed by atoms with E-state index in [0.717, 1.165) is 5.56 Å². The molecule has 0 unspecified atom stereocenters. The zero-order valence-corrected chi connectivity index (χ0v) is 6.62. The lowest BCUT2D eigenvalue weighted by atomic mass is 10.1. The van der Waals surface area contributed by atoms with Crippen molar-refractivity contribution < 1.29 is 5.11 Å². The molecule has 0 saturated carbocycles. The zero-order valence-electron chi connectivity index (χ0n) is 6.62. The summed E-state index contributed by atoms with van der Waals surface area (Å²) in [5.41, 5.74) is 1.51. The van der Waals surface area contributed by atoms with Crippen molar-refractivity contribution in [2.45, 2.75) is 6.42 Å². The lowest BCUT2D eigenvalue weighted by Crippen LogP contribution is -1.83. The Bertz CT molecular complexity index is 336. The number of benzene rings is 1. The molecule has 0 aromatic heterocycles. The van der Waals surface area contributed by atoms with Crippen LogP contribution in [0, 0.1) is 11.3 Å². The summed E-state index contributed by atoms with van der Waals surface area (Å²) in [6.07, 6.45) is 1.89. The van der Waals surface area contributed by atoms with Gasteiger partial charge >= 0.3 is 0 Å². The van der Waals surface area contributed by atoms with E-state index in [9.17, 15) is 5.11 Å². The van der Waals surface area contributed by atoms with Gasteiger partial charge in [-0.25, -0.2) is 0 Å². The first kappa shape index (κ1) is 8.35. The molecule has 0 aliphatic carbocycles. The standard InChI is InChI=1S/C10H9NO/c1-2-8-3-4-9(5-6-11)10(12)7-8/h2-4,7,12H,1,5H2. The van der Waals surface area contributed by atoms with Crippen LogP contribution < -0.4 is 0 Å². The summed E-state index contributed by atoms with van der Waals surface area (Å²) in [6.45, 7) is 3.57. The molecule has 0 aliphatic rings. The number of phenolic OH excluding ortho intramolecular Hbond substituents is 1. The molecule has 0 aliphatic heterocycles. The highest BCUT2D eigenvalue weighted by molar-refractivity contribution is 5.52. The third kappa shape index (κ3) is 1.64. The Labute approximate surface area is 71.4 Å². The number of nitriles is 1. The van der Waals surface area contributed by atoms with Gasteiger partial charge in [0.05, 0.1) is 12.5 Å². The number of hydrogen-bond acceptors (Lipinski definition) is 2. The van der Waals surface area contributed by atoms with E-state index in [0.29, 0.717) is 5.56 Å². The molecular formula is C10H9NO.